The number of hydrogen-bond donors (Lipinski definition) is 1. The zero-order valence-electron chi connectivity index (χ0n) is 12.4. The Hall–Kier alpha value is -1.83. The summed E-state index contributed by atoms with van der Waals surface area (Å²) in [4.78, 5) is 16.5. The van der Waals surface area contributed by atoms with Crippen molar-refractivity contribution in [3.05, 3.63) is 30.2 Å². The summed E-state index contributed by atoms with van der Waals surface area (Å²) < 4.78 is 6.84. The number of hydrogen-bond acceptors (Lipinski definition) is 6. The molecule has 0 aliphatic carbocycles. The number of nitrogens with one attached hydrogen (secondary N) is 1. The second-order valence-electron chi connectivity index (χ2n) is 5.31. The van der Waals surface area contributed by atoms with Gasteiger partial charge in [-0.1, -0.05) is 5.16 Å². The maximum atomic E-state index is 12.1. The van der Waals surface area contributed by atoms with Crippen molar-refractivity contribution in [3.8, 4) is 0 Å². The third kappa shape index (κ3) is 3.49. The summed E-state index contributed by atoms with van der Waals surface area (Å²) in [6.45, 7) is 2.04. The van der Waals surface area contributed by atoms with Crippen LogP contribution in [0, 0.1) is 0 Å². The van der Waals surface area contributed by atoms with E-state index in [4.69, 9.17) is 4.52 Å². The van der Waals surface area contributed by atoms with Gasteiger partial charge in [0.15, 0.2) is 5.82 Å². The van der Waals surface area contributed by atoms with Gasteiger partial charge in [0.25, 0.3) is 0 Å². The predicted molar refractivity (Wildman–Crippen MR) is 82.4 cm³/mol. The molecule has 3 heterocycles. The summed E-state index contributed by atoms with van der Waals surface area (Å²) in [7, 11) is 0. The first kappa shape index (κ1) is 15.1. The first-order chi connectivity index (χ1) is 10.7. The maximum absolute atomic E-state index is 12.1. The fourth-order valence-corrected chi connectivity index (χ4v) is 3.51. The minimum Gasteiger partial charge on any atom is -0.345 e. The lowest BCUT2D eigenvalue weighted by molar-refractivity contribution is -0.124. The van der Waals surface area contributed by atoms with Gasteiger partial charge < -0.3 is 9.84 Å². The first-order valence-corrected chi connectivity index (χ1v) is 8.56. The third-order valence-electron chi connectivity index (χ3n) is 3.79. The smallest absolute Gasteiger partial charge is 0.246 e. The van der Waals surface area contributed by atoms with Crippen molar-refractivity contribution < 1.29 is 9.32 Å². The Bertz CT molecular complexity index is 607. The van der Waals surface area contributed by atoms with E-state index >= 15 is 0 Å². The minimum atomic E-state index is -0.368. The van der Waals surface area contributed by atoms with Crippen molar-refractivity contribution in [2.75, 3.05) is 11.5 Å². The maximum Gasteiger partial charge on any atom is 0.246 e. The Kier molecular flexibility index (Phi) is 4.77. The standard InChI is InChI=1S/C14H19N5O2S/c1-10(19-6-2-5-16-19)14(20)15-9-12-17-13(18-21-12)11-3-7-22-8-4-11/h2,5-6,10-11H,3-4,7-9H2,1H3,(H,15,20). The second kappa shape index (κ2) is 6.95. The van der Waals surface area contributed by atoms with Gasteiger partial charge in [-0.15, -0.1) is 0 Å². The van der Waals surface area contributed by atoms with Crippen LogP contribution in [0.4, 0.5) is 0 Å². The topological polar surface area (TPSA) is 85.8 Å². The Morgan fingerprint density at radius 3 is 3.09 bits per heavy atom. The molecule has 0 bridgehead atoms. The van der Waals surface area contributed by atoms with Gasteiger partial charge in [0, 0.05) is 18.3 Å². The Labute approximate surface area is 132 Å². The summed E-state index contributed by atoms with van der Waals surface area (Å²) in [5.41, 5.74) is 0. The summed E-state index contributed by atoms with van der Waals surface area (Å²) in [5, 5.41) is 10.9. The van der Waals surface area contributed by atoms with Crippen LogP contribution in [0.25, 0.3) is 0 Å². The molecule has 0 saturated carbocycles. The van der Waals surface area contributed by atoms with Crippen LogP contribution >= 0.6 is 11.8 Å². The molecular formula is C14H19N5O2S. The van der Waals surface area contributed by atoms with Gasteiger partial charge in [-0.05, 0) is 37.3 Å². The molecule has 1 saturated heterocycles. The van der Waals surface area contributed by atoms with Crippen LogP contribution in [-0.4, -0.2) is 37.3 Å². The highest BCUT2D eigenvalue weighted by atomic mass is 32.2. The molecule has 0 aromatic carbocycles. The van der Waals surface area contributed by atoms with E-state index in [0.717, 1.165) is 30.2 Å². The lowest BCUT2D eigenvalue weighted by atomic mass is 10.0. The van der Waals surface area contributed by atoms with Gasteiger partial charge in [0.05, 0.1) is 6.54 Å². The van der Waals surface area contributed by atoms with Crippen LogP contribution in [0.2, 0.25) is 0 Å². The van der Waals surface area contributed by atoms with Gasteiger partial charge >= 0.3 is 0 Å². The molecule has 7 nitrogen and oxygen atoms in total. The molecule has 2 aromatic heterocycles. The third-order valence-corrected chi connectivity index (χ3v) is 4.83. The summed E-state index contributed by atoms with van der Waals surface area (Å²) in [6, 6.07) is 1.42. The van der Waals surface area contributed by atoms with E-state index < -0.39 is 0 Å². The van der Waals surface area contributed by atoms with E-state index in [1.807, 2.05) is 11.8 Å². The molecule has 8 heteroatoms. The largest absolute Gasteiger partial charge is 0.345 e. The average molecular weight is 321 g/mol. The highest BCUT2D eigenvalue weighted by molar-refractivity contribution is 7.99. The van der Waals surface area contributed by atoms with Crippen LogP contribution in [0.3, 0.4) is 0 Å². The van der Waals surface area contributed by atoms with Crippen LogP contribution in [0.15, 0.2) is 23.0 Å². The van der Waals surface area contributed by atoms with Gasteiger partial charge in [-0.3, -0.25) is 9.48 Å². The molecule has 0 radical (unpaired) electrons. The Balaban J connectivity index is 1.53. The fourth-order valence-electron chi connectivity index (χ4n) is 2.40. The molecular weight excluding hydrogens is 302 g/mol. The second-order valence-corrected chi connectivity index (χ2v) is 6.54. The van der Waals surface area contributed by atoms with Crippen LogP contribution in [0.5, 0.6) is 0 Å². The summed E-state index contributed by atoms with van der Waals surface area (Å²) in [6.07, 6.45) is 5.59. The number of thioether (sulfide) groups is 1. The van der Waals surface area contributed by atoms with Crippen molar-refractivity contribution in [2.24, 2.45) is 0 Å². The normalized spacial score (nSPS) is 17.3. The molecule has 22 heavy (non-hydrogen) atoms. The molecule has 1 aliphatic rings. The zero-order valence-corrected chi connectivity index (χ0v) is 13.3. The lowest BCUT2D eigenvalue weighted by Gasteiger charge is -2.17. The Morgan fingerprint density at radius 2 is 2.36 bits per heavy atom. The molecule has 1 amide bonds. The summed E-state index contributed by atoms with van der Waals surface area (Å²) in [5.74, 6) is 3.77. The number of rotatable bonds is 5. The van der Waals surface area contributed by atoms with Crippen LogP contribution in [0.1, 0.15) is 43.4 Å². The highest BCUT2D eigenvalue weighted by Gasteiger charge is 2.21. The molecule has 1 fully saturated rings. The van der Waals surface area contributed by atoms with Crippen LogP contribution in [-0.2, 0) is 11.3 Å². The molecule has 1 aliphatic heterocycles. The minimum absolute atomic E-state index is 0.127. The van der Waals surface area contributed by atoms with Gasteiger partial charge in [0.2, 0.25) is 11.8 Å². The molecule has 3 rings (SSSR count). The molecule has 0 spiro atoms. The van der Waals surface area contributed by atoms with E-state index in [1.54, 1.807) is 30.1 Å². The van der Waals surface area contributed by atoms with Crippen molar-refractivity contribution >= 4 is 17.7 Å². The summed E-state index contributed by atoms with van der Waals surface area (Å²) >= 11 is 1.96. The zero-order chi connectivity index (χ0) is 15.4. The molecule has 1 N–H and O–H groups in total. The molecule has 1 unspecified atom stereocenters. The van der Waals surface area contributed by atoms with E-state index in [9.17, 15) is 4.79 Å². The van der Waals surface area contributed by atoms with E-state index in [1.165, 1.54) is 0 Å². The fraction of sp³-hybridized carbons (Fsp3) is 0.571. The SMILES string of the molecule is CC(C(=O)NCc1nc(C2CCSCC2)no1)n1cccn1. The number of nitrogens with zero attached hydrogens (tertiary/aromatic N) is 4. The van der Waals surface area contributed by atoms with Gasteiger partial charge in [-0.2, -0.15) is 21.8 Å². The monoisotopic (exact) mass is 321 g/mol. The number of amides is 1. The van der Waals surface area contributed by atoms with Crippen molar-refractivity contribution in [1.82, 2.24) is 25.2 Å². The average Bonchev–Trinajstić information content (AvgIpc) is 3.24. The van der Waals surface area contributed by atoms with Crippen molar-refractivity contribution in [3.63, 3.8) is 0 Å². The lowest BCUT2D eigenvalue weighted by Crippen LogP contribution is -2.30. The molecule has 2 aromatic rings. The first-order valence-electron chi connectivity index (χ1n) is 7.41. The van der Waals surface area contributed by atoms with Crippen molar-refractivity contribution in [1.29, 1.82) is 0 Å². The Morgan fingerprint density at radius 1 is 1.55 bits per heavy atom. The molecule has 118 valence electrons. The van der Waals surface area contributed by atoms with Crippen molar-refractivity contribution in [2.45, 2.75) is 38.3 Å². The van der Waals surface area contributed by atoms with Gasteiger partial charge in [-0.25, -0.2) is 0 Å². The molecule has 1 atom stereocenters. The number of carbonyl (C=O) groups excluding carboxylic acids is 1. The number of aromatic nitrogens is 4. The predicted octanol–water partition coefficient (Wildman–Crippen LogP) is 1.75. The van der Waals surface area contributed by atoms with E-state index in [0.29, 0.717) is 11.8 Å². The van der Waals surface area contributed by atoms with Gasteiger partial charge in [0.1, 0.15) is 6.04 Å². The van der Waals surface area contributed by atoms with E-state index in [2.05, 4.69) is 20.6 Å². The highest BCUT2D eigenvalue weighted by Crippen LogP contribution is 2.29. The quantitative estimate of drug-likeness (QED) is 0.903. The van der Waals surface area contributed by atoms with Crippen LogP contribution < -0.4 is 5.32 Å². The number of carbonyl (C=O) groups is 1. The van der Waals surface area contributed by atoms with E-state index in [-0.39, 0.29) is 18.5 Å².